The van der Waals surface area contributed by atoms with Gasteiger partial charge in [0.05, 0.1) is 25.2 Å². The van der Waals surface area contributed by atoms with Crippen molar-refractivity contribution in [1.82, 2.24) is 19.6 Å². The summed E-state index contributed by atoms with van der Waals surface area (Å²) in [6.07, 6.45) is 2.18. The Balaban J connectivity index is 1.17. The highest BCUT2D eigenvalue weighted by Crippen LogP contribution is 2.38. The monoisotopic (exact) mass is 597 g/mol. The molecule has 0 spiro atoms. The Kier molecular flexibility index (Phi) is 10.0. The molecule has 0 radical (unpaired) electrons. The molecule has 5 saturated heterocycles. The van der Waals surface area contributed by atoms with Gasteiger partial charge in [0.25, 0.3) is 5.92 Å². The number of amides is 2. The summed E-state index contributed by atoms with van der Waals surface area (Å²) in [4.78, 5) is 35.1. The van der Waals surface area contributed by atoms with Gasteiger partial charge in [-0.3, -0.25) is 14.5 Å². The fourth-order valence-corrected chi connectivity index (χ4v) is 7.35. The van der Waals surface area contributed by atoms with E-state index in [-0.39, 0.29) is 49.6 Å². The Hall–Kier alpha value is -1.94. The molecular weight excluding hydrogens is 551 g/mol. The molecule has 5 heterocycles. The van der Waals surface area contributed by atoms with Gasteiger partial charge in [-0.2, -0.15) is 5.26 Å². The second-order valence-electron chi connectivity index (χ2n) is 13.1. The summed E-state index contributed by atoms with van der Waals surface area (Å²) in [5, 5.41) is 10.2. The maximum atomic E-state index is 15.2. The Morgan fingerprint density at radius 3 is 1.95 bits per heavy atom. The quantitative estimate of drug-likeness (QED) is 0.446. The number of piperidine rings is 3. The topological polar surface area (TPSA) is 89.4 Å². The summed E-state index contributed by atoms with van der Waals surface area (Å²) >= 11 is 0. The van der Waals surface area contributed by atoms with Gasteiger partial charge in [0.15, 0.2) is 0 Å². The standard InChI is InChI=1S/C30H46F3N5O4/c31-29(7-17-41-18-8-29)23-36-11-3-28(22-34,4-12-36)27(40)38-9-1-24(2-10-38)25(21-35-15-19-42-20-16-35)26(39)37-13-5-30(32,33)6-14-37/h24-25H,1-21,23H2. The van der Waals surface area contributed by atoms with E-state index in [4.69, 9.17) is 9.47 Å². The van der Waals surface area contributed by atoms with Crippen molar-refractivity contribution in [3.05, 3.63) is 0 Å². The van der Waals surface area contributed by atoms with Crippen molar-refractivity contribution in [1.29, 1.82) is 5.26 Å². The van der Waals surface area contributed by atoms with Crippen LogP contribution in [0.15, 0.2) is 0 Å². The van der Waals surface area contributed by atoms with E-state index in [2.05, 4.69) is 11.0 Å². The lowest BCUT2D eigenvalue weighted by atomic mass is 9.76. The third-order valence-electron chi connectivity index (χ3n) is 10.3. The second-order valence-corrected chi connectivity index (χ2v) is 13.1. The fourth-order valence-electron chi connectivity index (χ4n) is 7.35. The molecule has 0 N–H and O–H groups in total. The van der Waals surface area contributed by atoms with Gasteiger partial charge in [-0.1, -0.05) is 0 Å². The summed E-state index contributed by atoms with van der Waals surface area (Å²) in [5.41, 5.74) is -2.38. The largest absolute Gasteiger partial charge is 0.381 e. The number of hydrogen-bond donors (Lipinski definition) is 0. The van der Waals surface area contributed by atoms with Crippen LogP contribution in [0.1, 0.15) is 51.4 Å². The van der Waals surface area contributed by atoms with Crippen LogP contribution in [0.25, 0.3) is 0 Å². The maximum absolute atomic E-state index is 15.2. The molecule has 0 aromatic heterocycles. The predicted molar refractivity (Wildman–Crippen MR) is 148 cm³/mol. The van der Waals surface area contributed by atoms with Gasteiger partial charge in [-0.05, 0) is 31.6 Å². The van der Waals surface area contributed by atoms with Crippen LogP contribution in [0.2, 0.25) is 0 Å². The molecule has 236 valence electrons. The van der Waals surface area contributed by atoms with Crippen LogP contribution in [0.4, 0.5) is 13.2 Å². The van der Waals surface area contributed by atoms with Crippen molar-refractivity contribution in [2.24, 2.45) is 17.3 Å². The zero-order valence-corrected chi connectivity index (χ0v) is 24.7. The zero-order chi connectivity index (χ0) is 29.8. The van der Waals surface area contributed by atoms with E-state index in [0.717, 1.165) is 13.1 Å². The average molecular weight is 598 g/mol. The van der Waals surface area contributed by atoms with Crippen molar-refractivity contribution >= 4 is 11.8 Å². The first-order valence-electron chi connectivity index (χ1n) is 15.8. The van der Waals surface area contributed by atoms with E-state index < -0.39 is 17.0 Å². The average Bonchev–Trinajstić information content (AvgIpc) is 3.00. The van der Waals surface area contributed by atoms with Crippen LogP contribution >= 0.6 is 0 Å². The number of likely N-dealkylation sites (tertiary alicyclic amines) is 3. The zero-order valence-electron chi connectivity index (χ0n) is 24.7. The maximum Gasteiger partial charge on any atom is 0.251 e. The van der Waals surface area contributed by atoms with E-state index in [9.17, 15) is 23.6 Å². The Morgan fingerprint density at radius 2 is 1.36 bits per heavy atom. The van der Waals surface area contributed by atoms with Crippen LogP contribution in [-0.2, 0) is 19.1 Å². The first-order chi connectivity index (χ1) is 20.1. The molecule has 12 heteroatoms. The number of nitrogens with zero attached hydrogens (tertiary/aromatic N) is 5. The summed E-state index contributed by atoms with van der Waals surface area (Å²) in [7, 11) is 0. The smallest absolute Gasteiger partial charge is 0.251 e. The van der Waals surface area contributed by atoms with Crippen LogP contribution in [0, 0.1) is 28.6 Å². The third-order valence-corrected chi connectivity index (χ3v) is 10.3. The van der Waals surface area contributed by atoms with E-state index in [1.807, 2.05) is 4.90 Å². The Morgan fingerprint density at radius 1 is 0.762 bits per heavy atom. The van der Waals surface area contributed by atoms with Gasteiger partial charge >= 0.3 is 0 Å². The normalized spacial score (nSPS) is 28.1. The highest BCUT2D eigenvalue weighted by atomic mass is 19.3. The summed E-state index contributed by atoms with van der Waals surface area (Å²) in [5.74, 6) is -3.21. The SMILES string of the molecule is N#CC1(C(=O)N2CCC(C(CN3CCOCC3)C(=O)N3CCC(F)(F)CC3)CC2)CCN(CC2(F)CCOCC2)CC1. The number of alkyl halides is 3. The molecule has 0 aromatic rings. The van der Waals surface area contributed by atoms with Crippen LogP contribution in [-0.4, -0.2) is 135 Å². The molecule has 2 amide bonds. The summed E-state index contributed by atoms with van der Waals surface area (Å²) in [6, 6.07) is 2.33. The lowest BCUT2D eigenvalue weighted by Crippen LogP contribution is -2.55. The lowest BCUT2D eigenvalue weighted by molar-refractivity contribution is -0.147. The van der Waals surface area contributed by atoms with Crippen molar-refractivity contribution in [2.45, 2.75) is 63.0 Å². The third kappa shape index (κ3) is 7.40. The van der Waals surface area contributed by atoms with E-state index >= 15 is 4.39 Å². The molecule has 5 rings (SSSR count). The molecule has 0 saturated carbocycles. The summed E-state index contributed by atoms with van der Waals surface area (Å²) < 4.78 is 53.6. The molecule has 42 heavy (non-hydrogen) atoms. The van der Waals surface area contributed by atoms with Gasteiger partial charge in [-0.25, -0.2) is 13.2 Å². The van der Waals surface area contributed by atoms with E-state index in [1.165, 1.54) is 0 Å². The minimum absolute atomic E-state index is 0.0342. The highest BCUT2D eigenvalue weighted by molar-refractivity contribution is 5.86. The van der Waals surface area contributed by atoms with E-state index in [1.54, 1.807) is 9.80 Å². The summed E-state index contributed by atoms with van der Waals surface area (Å²) in [6.45, 7) is 6.50. The highest BCUT2D eigenvalue weighted by Gasteiger charge is 2.47. The van der Waals surface area contributed by atoms with E-state index in [0.29, 0.717) is 104 Å². The van der Waals surface area contributed by atoms with Gasteiger partial charge < -0.3 is 24.2 Å². The second kappa shape index (κ2) is 13.4. The van der Waals surface area contributed by atoms with Crippen LogP contribution < -0.4 is 0 Å². The molecule has 5 fully saturated rings. The molecular formula is C30H46F3N5O4. The number of nitriles is 1. The molecule has 0 aliphatic carbocycles. The number of rotatable bonds is 7. The van der Waals surface area contributed by atoms with Gasteiger partial charge in [0.1, 0.15) is 11.1 Å². The van der Waals surface area contributed by atoms with Crippen molar-refractivity contribution in [3.63, 3.8) is 0 Å². The van der Waals surface area contributed by atoms with Gasteiger partial charge in [0, 0.05) is 104 Å². The first kappa shape index (κ1) is 31.5. The number of carbonyl (C=O) groups is 2. The molecule has 0 bridgehead atoms. The fraction of sp³-hybridized carbons (Fsp3) is 0.900. The predicted octanol–water partition coefficient (Wildman–Crippen LogP) is 2.56. The molecule has 1 atom stereocenters. The molecule has 9 nitrogen and oxygen atoms in total. The Labute approximate surface area is 247 Å². The molecule has 5 aliphatic rings. The number of hydrogen-bond acceptors (Lipinski definition) is 7. The number of halogens is 3. The minimum Gasteiger partial charge on any atom is -0.381 e. The molecule has 0 aromatic carbocycles. The molecule has 5 aliphatic heterocycles. The van der Waals surface area contributed by atoms with Crippen LogP contribution in [0.3, 0.4) is 0 Å². The van der Waals surface area contributed by atoms with Crippen molar-refractivity contribution in [3.8, 4) is 6.07 Å². The first-order valence-corrected chi connectivity index (χ1v) is 15.8. The van der Waals surface area contributed by atoms with Gasteiger partial charge in [-0.15, -0.1) is 0 Å². The number of carbonyl (C=O) groups excluding carboxylic acids is 2. The van der Waals surface area contributed by atoms with Crippen LogP contribution in [0.5, 0.6) is 0 Å². The Bertz CT molecular complexity index is 972. The lowest BCUT2D eigenvalue weighted by Gasteiger charge is -2.44. The van der Waals surface area contributed by atoms with Crippen molar-refractivity contribution in [2.75, 3.05) is 91.9 Å². The number of ether oxygens (including phenoxy) is 2. The minimum atomic E-state index is -2.72. The van der Waals surface area contributed by atoms with Gasteiger partial charge in [0.2, 0.25) is 11.8 Å². The number of morpholine rings is 1. The van der Waals surface area contributed by atoms with Crippen molar-refractivity contribution < 1.29 is 32.2 Å². The molecule has 1 unspecified atom stereocenters.